The molecule has 0 aromatic heterocycles. The van der Waals surface area contributed by atoms with Crippen LogP contribution in [0.25, 0.3) is 11.1 Å². The van der Waals surface area contributed by atoms with Gasteiger partial charge in [0.2, 0.25) is 0 Å². The van der Waals surface area contributed by atoms with E-state index in [1.54, 1.807) is 0 Å². The molecule has 0 aliphatic rings. The van der Waals surface area contributed by atoms with E-state index in [1.807, 2.05) is 0 Å². The van der Waals surface area contributed by atoms with Gasteiger partial charge >= 0.3 is 0 Å². The molecule has 0 aliphatic heterocycles. The molecule has 0 heterocycles. The molecule has 128 valence electrons. The van der Waals surface area contributed by atoms with Gasteiger partial charge in [0.1, 0.15) is 0 Å². The van der Waals surface area contributed by atoms with Gasteiger partial charge in [-0.05, 0) is 41.4 Å². The van der Waals surface area contributed by atoms with Gasteiger partial charge < -0.3 is 4.90 Å². The Morgan fingerprint density at radius 3 is 1.56 bits per heavy atom. The minimum Gasteiger partial charge on any atom is -0.378 e. The first-order chi connectivity index (χ1) is 12.1. The Morgan fingerprint density at radius 2 is 1.04 bits per heavy atom. The van der Waals surface area contributed by atoms with Crippen LogP contribution in [-0.4, -0.2) is 26.0 Å². The summed E-state index contributed by atoms with van der Waals surface area (Å²) in [6.07, 6.45) is 0. The lowest BCUT2D eigenvalue weighted by atomic mass is 10.0. The van der Waals surface area contributed by atoms with Crippen molar-refractivity contribution in [2.24, 2.45) is 0 Å². The molecule has 0 radical (unpaired) electrons. The van der Waals surface area contributed by atoms with Gasteiger partial charge in [-0.3, -0.25) is 4.90 Å². The molecular weight excluding hydrogens is 304 g/mol. The molecule has 2 nitrogen and oxygen atoms in total. The van der Waals surface area contributed by atoms with E-state index in [1.165, 1.54) is 27.9 Å². The standard InChI is InChI=1S/C23H26N2/c1-24(2)23-15-11-20(12-16-23)18-25(3)17-19-9-13-22(14-10-19)21-7-5-4-6-8-21/h4-16H,17-18H2,1-3H3. The van der Waals surface area contributed by atoms with Crippen LogP contribution in [0.15, 0.2) is 78.9 Å². The Kier molecular flexibility index (Phi) is 5.52. The SMILES string of the molecule is CN(Cc1ccc(-c2ccccc2)cc1)Cc1ccc(N(C)C)cc1. The zero-order chi connectivity index (χ0) is 17.6. The zero-order valence-electron chi connectivity index (χ0n) is 15.3. The first-order valence-corrected chi connectivity index (χ1v) is 8.71. The largest absolute Gasteiger partial charge is 0.378 e. The minimum absolute atomic E-state index is 0.949. The van der Waals surface area contributed by atoms with Gasteiger partial charge in [0.05, 0.1) is 0 Å². The van der Waals surface area contributed by atoms with E-state index in [9.17, 15) is 0 Å². The van der Waals surface area contributed by atoms with Crippen LogP contribution in [0, 0.1) is 0 Å². The maximum Gasteiger partial charge on any atom is 0.0361 e. The first-order valence-electron chi connectivity index (χ1n) is 8.71. The number of benzene rings is 3. The van der Waals surface area contributed by atoms with Crippen LogP contribution in [0.5, 0.6) is 0 Å². The molecule has 0 bridgehead atoms. The summed E-state index contributed by atoms with van der Waals surface area (Å²) in [5.74, 6) is 0. The van der Waals surface area contributed by atoms with E-state index in [2.05, 4.69) is 110 Å². The van der Waals surface area contributed by atoms with Gasteiger partial charge in [-0.15, -0.1) is 0 Å². The van der Waals surface area contributed by atoms with Crippen LogP contribution in [0.3, 0.4) is 0 Å². The second-order valence-electron chi connectivity index (χ2n) is 6.80. The van der Waals surface area contributed by atoms with Crippen molar-refractivity contribution in [1.29, 1.82) is 0 Å². The maximum absolute atomic E-state index is 2.35. The van der Waals surface area contributed by atoms with E-state index >= 15 is 0 Å². The normalized spacial score (nSPS) is 10.9. The summed E-state index contributed by atoms with van der Waals surface area (Å²) in [5, 5.41) is 0. The Balaban J connectivity index is 1.60. The highest BCUT2D eigenvalue weighted by atomic mass is 15.1. The van der Waals surface area contributed by atoms with Crippen molar-refractivity contribution in [3.8, 4) is 11.1 Å². The summed E-state index contributed by atoms with van der Waals surface area (Å²) in [6, 6.07) is 28.2. The Labute approximate surface area is 151 Å². The Hall–Kier alpha value is -2.58. The van der Waals surface area contributed by atoms with Gasteiger partial charge in [0.25, 0.3) is 0 Å². The van der Waals surface area contributed by atoms with Gasteiger partial charge in [-0.2, -0.15) is 0 Å². The molecule has 0 atom stereocenters. The van der Waals surface area contributed by atoms with E-state index < -0.39 is 0 Å². The van der Waals surface area contributed by atoms with Gasteiger partial charge in [-0.1, -0.05) is 66.7 Å². The van der Waals surface area contributed by atoms with Crippen molar-refractivity contribution in [2.75, 3.05) is 26.0 Å². The Morgan fingerprint density at radius 1 is 0.560 bits per heavy atom. The zero-order valence-corrected chi connectivity index (χ0v) is 15.3. The minimum atomic E-state index is 0.949. The highest BCUT2D eigenvalue weighted by Crippen LogP contribution is 2.20. The molecule has 3 rings (SSSR count). The van der Waals surface area contributed by atoms with Crippen LogP contribution in [-0.2, 0) is 13.1 Å². The van der Waals surface area contributed by atoms with Crippen LogP contribution in [0.1, 0.15) is 11.1 Å². The predicted octanol–water partition coefficient (Wildman–Crippen LogP) is 5.05. The first kappa shape index (κ1) is 17.2. The molecule has 0 saturated heterocycles. The number of hydrogen-bond acceptors (Lipinski definition) is 2. The van der Waals surface area contributed by atoms with Crippen LogP contribution >= 0.6 is 0 Å². The van der Waals surface area contributed by atoms with Gasteiger partial charge in [0.15, 0.2) is 0 Å². The summed E-state index contributed by atoms with van der Waals surface area (Å²) in [6.45, 7) is 1.90. The van der Waals surface area contributed by atoms with Crippen molar-refractivity contribution >= 4 is 5.69 Å². The van der Waals surface area contributed by atoms with E-state index in [0.717, 1.165) is 13.1 Å². The van der Waals surface area contributed by atoms with Crippen LogP contribution in [0.2, 0.25) is 0 Å². The van der Waals surface area contributed by atoms with E-state index in [4.69, 9.17) is 0 Å². The fourth-order valence-electron chi connectivity index (χ4n) is 3.01. The fourth-order valence-corrected chi connectivity index (χ4v) is 3.01. The third kappa shape index (κ3) is 4.71. The van der Waals surface area contributed by atoms with E-state index in [0.29, 0.717) is 0 Å². The molecule has 25 heavy (non-hydrogen) atoms. The van der Waals surface area contributed by atoms with Crippen molar-refractivity contribution < 1.29 is 0 Å². The summed E-state index contributed by atoms with van der Waals surface area (Å²) < 4.78 is 0. The average Bonchev–Trinajstić information content (AvgIpc) is 2.63. The smallest absolute Gasteiger partial charge is 0.0361 e. The second kappa shape index (κ2) is 8.00. The number of hydrogen-bond donors (Lipinski definition) is 0. The van der Waals surface area contributed by atoms with Gasteiger partial charge in [-0.25, -0.2) is 0 Å². The summed E-state index contributed by atoms with van der Waals surface area (Å²) in [4.78, 5) is 4.48. The molecule has 0 spiro atoms. The molecule has 0 saturated carbocycles. The van der Waals surface area contributed by atoms with Crippen molar-refractivity contribution in [3.05, 3.63) is 90.0 Å². The lowest BCUT2D eigenvalue weighted by Gasteiger charge is -2.18. The lowest BCUT2D eigenvalue weighted by Crippen LogP contribution is -2.17. The van der Waals surface area contributed by atoms with Crippen molar-refractivity contribution in [1.82, 2.24) is 4.90 Å². The second-order valence-corrected chi connectivity index (χ2v) is 6.80. The Bertz CT molecular complexity index is 775. The fraction of sp³-hybridized carbons (Fsp3) is 0.217. The monoisotopic (exact) mass is 330 g/mol. The molecule has 0 N–H and O–H groups in total. The molecule has 3 aromatic rings. The third-order valence-corrected chi connectivity index (χ3v) is 4.42. The maximum atomic E-state index is 2.35. The van der Waals surface area contributed by atoms with E-state index in [-0.39, 0.29) is 0 Å². The summed E-state index contributed by atoms with van der Waals surface area (Å²) in [5.41, 5.74) is 6.46. The number of nitrogens with zero attached hydrogens (tertiary/aromatic N) is 2. The van der Waals surface area contributed by atoms with Gasteiger partial charge in [0, 0.05) is 32.9 Å². The molecule has 0 aliphatic carbocycles. The van der Waals surface area contributed by atoms with Crippen molar-refractivity contribution in [3.63, 3.8) is 0 Å². The number of anilines is 1. The summed E-state index contributed by atoms with van der Waals surface area (Å²) in [7, 11) is 6.31. The molecular formula is C23H26N2. The molecule has 0 unspecified atom stereocenters. The lowest BCUT2D eigenvalue weighted by molar-refractivity contribution is 0.319. The van der Waals surface area contributed by atoms with Crippen LogP contribution in [0.4, 0.5) is 5.69 Å². The average molecular weight is 330 g/mol. The highest BCUT2D eigenvalue weighted by Gasteiger charge is 2.04. The summed E-state index contributed by atoms with van der Waals surface area (Å²) >= 11 is 0. The number of rotatable bonds is 6. The highest BCUT2D eigenvalue weighted by molar-refractivity contribution is 5.63. The van der Waals surface area contributed by atoms with Crippen molar-refractivity contribution in [2.45, 2.75) is 13.1 Å². The molecule has 0 amide bonds. The molecule has 0 fully saturated rings. The quantitative estimate of drug-likeness (QED) is 0.624. The van der Waals surface area contributed by atoms with Crippen LogP contribution < -0.4 is 4.90 Å². The molecule has 3 aromatic carbocycles. The topological polar surface area (TPSA) is 6.48 Å². The predicted molar refractivity (Wildman–Crippen MR) is 108 cm³/mol. The molecule has 2 heteroatoms. The third-order valence-electron chi connectivity index (χ3n) is 4.42.